The third-order valence-corrected chi connectivity index (χ3v) is 4.81. The Morgan fingerprint density at radius 2 is 1.40 bits per heavy atom. The normalized spacial score (nSPS) is 13.8. The summed E-state index contributed by atoms with van der Waals surface area (Å²) in [5.41, 5.74) is 5.75. The number of rotatable bonds is 13. The van der Waals surface area contributed by atoms with Crippen LogP contribution in [0.1, 0.15) is 86.5 Å². The molecule has 142 valence electrons. The molecule has 0 aliphatic carbocycles. The van der Waals surface area contributed by atoms with Gasteiger partial charge in [-0.1, -0.05) is 60.1 Å². The van der Waals surface area contributed by atoms with Gasteiger partial charge in [-0.25, -0.2) is 0 Å². The molecule has 0 aromatic carbocycles. The highest BCUT2D eigenvalue weighted by molar-refractivity contribution is 5.09. The first-order chi connectivity index (χ1) is 11.8. The topological polar surface area (TPSA) is 0 Å². The lowest BCUT2D eigenvalue weighted by atomic mass is 9.86. The van der Waals surface area contributed by atoms with Gasteiger partial charge in [0.25, 0.3) is 0 Å². The second kappa shape index (κ2) is 13.9. The standard InChI is InChI=1S/C25H42/c1-9-22(6)16-18-25(24(8)15-11-13-21(4)5)19-17-23(7)14-10-12-20(2)3/h9,12-13,17,22,25H,1,8,10-11,14-16,18-19H2,2-7H3/b23-17+/t22-,25+/m0/s1. The van der Waals surface area contributed by atoms with Crippen molar-refractivity contribution in [2.24, 2.45) is 11.8 Å². The smallest absolute Gasteiger partial charge is 0.0171 e. The Bertz CT molecular complexity index is 476. The van der Waals surface area contributed by atoms with Crippen LogP contribution in [0.15, 0.2) is 59.8 Å². The molecular weight excluding hydrogens is 300 g/mol. The minimum absolute atomic E-state index is 0.593. The van der Waals surface area contributed by atoms with Gasteiger partial charge in [0.05, 0.1) is 0 Å². The fourth-order valence-corrected chi connectivity index (χ4v) is 2.85. The van der Waals surface area contributed by atoms with Gasteiger partial charge in [0.15, 0.2) is 0 Å². The highest BCUT2D eigenvalue weighted by Crippen LogP contribution is 2.27. The van der Waals surface area contributed by atoms with Gasteiger partial charge in [0, 0.05) is 0 Å². The molecule has 0 spiro atoms. The molecule has 0 aromatic heterocycles. The van der Waals surface area contributed by atoms with Crippen LogP contribution in [0.3, 0.4) is 0 Å². The second-order valence-corrected chi connectivity index (χ2v) is 8.07. The van der Waals surface area contributed by atoms with E-state index in [2.05, 4.69) is 79.0 Å². The van der Waals surface area contributed by atoms with E-state index < -0.39 is 0 Å². The van der Waals surface area contributed by atoms with Gasteiger partial charge in [0.1, 0.15) is 0 Å². The molecule has 0 bridgehead atoms. The summed E-state index contributed by atoms with van der Waals surface area (Å²) in [6, 6.07) is 0. The molecule has 0 fully saturated rings. The molecule has 0 aliphatic rings. The lowest BCUT2D eigenvalue weighted by molar-refractivity contribution is 0.483. The molecule has 0 unspecified atom stereocenters. The fraction of sp³-hybridized carbons (Fsp3) is 0.600. The van der Waals surface area contributed by atoms with E-state index in [0.717, 1.165) is 25.7 Å². The Morgan fingerprint density at radius 3 is 1.92 bits per heavy atom. The lowest BCUT2D eigenvalue weighted by Crippen LogP contribution is -2.05. The van der Waals surface area contributed by atoms with Crippen LogP contribution < -0.4 is 0 Å². The van der Waals surface area contributed by atoms with Crippen molar-refractivity contribution in [1.82, 2.24) is 0 Å². The minimum Gasteiger partial charge on any atom is -0.103 e. The first-order valence-corrected chi connectivity index (χ1v) is 9.98. The van der Waals surface area contributed by atoms with E-state index in [1.165, 1.54) is 41.6 Å². The lowest BCUT2D eigenvalue weighted by Gasteiger charge is -2.20. The summed E-state index contributed by atoms with van der Waals surface area (Å²) in [6.07, 6.45) is 17.3. The van der Waals surface area contributed by atoms with Gasteiger partial charge in [0.2, 0.25) is 0 Å². The SMILES string of the molecule is C=C[C@H](C)CC[C@H](C/C=C(\C)CCC=C(C)C)C(=C)CCC=C(C)C. The van der Waals surface area contributed by atoms with Crippen molar-refractivity contribution in [3.05, 3.63) is 59.8 Å². The monoisotopic (exact) mass is 342 g/mol. The van der Waals surface area contributed by atoms with E-state index in [9.17, 15) is 0 Å². The highest BCUT2D eigenvalue weighted by Gasteiger charge is 2.12. The Balaban J connectivity index is 4.70. The molecule has 0 heteroatoms. The van der Waals surface area contributed by atoms with E-state index in [0.29, 0.717) is 11.8 Å². The predicted octanol–water partition coefficient (Wildman–Crippen LogP) is 8.59. The molecule has 0 amide bonds. The van der Waals surface area contributed by atoms with E-state index in [4.69, 9.17) is 0 Å². The van der Waals surface area contributed by atoms with Crippen molar-refractivity contribution in [3.8, 4) is 0 Å². The number of hydrogen-bond donors (Lipinski definition) is 0. The highest BCUT2D eigenvalue weighted by atomic mass is 14.2. The molecular formula is C25H42. The average molecular weight is 343 g/mol. The first-order valence-electron chi connectivity index (χ1n) is 9.98. The summed E-state index contributed by atoms with van der Waals surface area (Å²) in [6.45, 7) is 21.6. The van der Waals surface area contributed by atoms with E-state index in [1.54, 1.807) is 0 Å². The summed E-state index contributed by atoms with van der Waals surface area (Å²) in [4.78, 5) is 0. The predicted molar refractivity (Wildman–Crippen MR) is 117 cm³/mol. The van der Waals surface area contributed by atoms with Crippen LogP contribution in [-0.4, -0.2) is 0 Å². The summed E-state index contributed by atoms with van der Waals surface area (Å²) in [7, 11) is 0. The van der Waals surface area contributed by atoms with Crippen LogP contribution in [-0.2, 0) is 0 Å². The zero-order valence-corrected chi connectivity index (χ0v) is 17.8. The molecule has 0 saturated heterocycles. The summed E-state index contributed by atoms with van der Waals surface area (Å²) >= 11 is 0. The quantitative estimate of drug-likeness (QED) is 0.294. The van der Waals surface area contributed by atoms with Gasteiger partial charge in [-0.2, -0.15) is 0 Å². The molecule has 0 aromatic rings. The van der Waals surface area contributed by atoms with Gasteiger partial charge in [-0.3, -0.25) is 0 Å². The van der Waals surface area contributed by atoms with Crippen LogP contribution in [0.5, 0.6) is 0 Å². The zero-order valence-electron chi connectivity index (χ0n) is 17.8. The van der Waals surface area contributed by atoms with Crippen LogP contribution in [0.25, 0.3) is 0 Å². The number of hydrogen-bond acceptors (Lipinski definition) is 0. The Hall–Kier alpha value is -1.30. The molecule has 2 atom stereocenters. The van der Waals surface area contributed by atoms with Gasteiger partial charge in [-0.15, -0.1) is 6.58 Å². The zero-order chi connectivity index (χ0) is 19.2. The summed E-state index contributed by atoms with van der Waals surface area (Å²) < 4.78 is 0. The molecule has 0 N–H and O–H groups in total. The average Bonchev–Trinajstić information content (AvgIpc) is 2.53. The van der Waals surface area contributed by atoms with Gasteiger partial charge in [-0.05, 0) is 91.4 Å². The minimum atomic E-state index is 0.593. The van der Waals surface area contributed by atoms with Gasteiger partial charge < -0.3 is 0 Å². The van der Waals surface area contributed by atoms with E-state index in [-0.39, 0.29) is 0 Å². The Kier molecular flexibility index (Phi) is 13.2. The van der Waals surface area contributed by atoms with Crippen molar-refractivity contribution in [2.75, 3.05) is 0 Å². The van der Waals surface area contributed by atoms with Crippen LogP contribution in [0.2, 0.25) is 0 Å². The number of allylic oxidation sites excluding steroid dienone is 8. The van der Waals surface area contributed by atoms with Crippen LogP contribution in [0, 0.1) is 11.8 Å². The Labute approximate surface area is 158 Å². The first kappa shape index (κ1) is 23.7. The molecule has 0 rings (SSSR count). The van der Waals surface area contributed by atoms with Crippen molar-refractivity contribution in [1.29, 1.82) is 0 Å². The van der Waals surface area contributed by atoms with Crippen LogP contribution >= 0.6 is 0 Å². The van der Waals surface area contributed by atoms with Crippen molar-refractivity contribution >= 4 is 0 Å². The Morgan fingerprint density at radius 1 is 0.840 bits per heavy atom. The molecule has 0 nitrogen and oxygen atoms in total. The maximum atomic E-state index is 4.43. The fourth-order valence-electron chi connectivity index (χ4n) is 2.85. The van der Waals surface area contributed by atoms with Crippen LogP contribution in [0.4, 0.5) is 0 Å². The van der Waals surface area contributed by atoms with E-state index in [1.807, 2.05) is 0 Å². The maximum absolute atomic E-state index is 4.43. The van der Waals surface area contributed by atoms with Gasteiger partial charge >= 0.3 is 0 Å². The molecule has 0 heterocycles. The molecule has 0 aliphatic heterocycles. The second-order valence-electron chi connectivity index (χ2n) is 8.07. The van der Waals surface area contributed by atoms with Crippen molar-refractivity contribution < 1.29 is 0 Å². The maximum Gasteiger partial charge on any atom is -0.0171 e. The van der Waals surface area contributed by atoms with Crippen molar-refractivity contribution in [3.63, 3.8) is 0 Å². The third kappa shape index (κ3) is 13.6. The molecule has 0 saturated carbocycles. The van der Waals surface area contributed by atoms with E-state index >= 15 is 0 Å². The molecule has 25 heavy (non-hydrogen) atoms. The third-order valence-electron chi connectivity index (χ3n) is 4.81. The largest absolute Gasteiger partial charge is 0.103 e. The summed E-state index contributed by atoms with van der Waals surface area (Å²) in [5.74, 6) is 1.20. The van der Waals surface area contributed by atoms with Crippen molar-refractivity contribution in [2.45, 2.75) is 86.5 Å². The summed E-state index contributed by atoms with van der Waals surface area (Å²) in [5, 5.41) is 0. The molecule has 0 radical (unpaired) electrons.